The van der Waals surface area contributed by atoms with Gasteiger partial charge in [-0.3, -0.25) is 0 Å². The predicted molar refractivity (Wildman–Crippen MR) is 71.8 cm³/mol. The van der Waals surface area contributed by atoms with E-state index in [0.717, 1.165) is 12.1 Å². The summed E-state index contributed by atoms with van der Waals surface area (Å²) in [5, 5.41) is 10.3. The Morgan fingerprint density at radius 1 is 0.654 bits per heavy atom. The highest BCUT2D eigenvalue weighted by atomic mass is 19.4. The van der Waals surface area contributed by atoms with Gasteiger partial charge in [0.25, 0.3) is 0 Å². The van der Waals surface area contributed by atoms with Gasteiger partial charge in [0.2, 0.25) is 0 Å². The summed E-state index contributed by atoms with van der Waals surface area (Å²) in [4.78, 5) is 0. The van der Waals surface area contributed by atoms with Crippen molar-refractivity contribution in [2.75, 3.05) is 0 Å². The number of rotatable bonds is 3. The zero-order chi connectivity index (χ0) is 20.0. The smallest absolute Gasteiger partial charge is 0.374 e. The maximum Gasteiger partial charge on any atom is 0.457 e. The number of halogens is 9. The summed E-state index contributed by atoms with van der Waals surface area (Å²) in [5.41, 5.74) is -8.30. The molecule has 0 aliphatic rings. The lowest BCUT2D eigenvalue weighted by Crippen LogP contribution is -2.56. The first-order chi connectivity index (χ1) is 11.7. The van der Waals surface area contributed by atoms with E-state index in [2.05, 4.69) is 0 Å². The third-order valence-electron chi connectivity index (χ3n) is 3.70. The first kappa shape index (κ1) is 20.1. The molecular formula is C16H9F9O. The molecule has 2 rings (SSSR count). The SMILES string of the molecule is OC(c1ccc(C(F)(F)F)cc1)(c1ccccc1F)C(F)(F)C(F)(F)F. The second-order valence-electron chi connectivity index (χ2n) is 5.34. The Labute approximate surface area is 140 Å². The summed E-state index contributed by atoms with van der Waals surface area (Å²) < 4.78 is 119. The Morgan fingerprint density at radius 3 is 1.54 bits per heavy atom. The fourth-order valence-corrected chi connectivity index (χ4v) is 2.37. The molecule has 1 unspecified atom stereocenters. The Balaban J connectivity index is 2.76. The van der Waals surface area contributed by atoms with Crippen molar-refractivity contribution in [1.29, 1.82) is 0 Å². The lowest BCUT2D eigenvalue weighted by Gasteiger charge is -2.37. The maximum atomic E-state index is 14.1. The van der Waals surface area contributed by atoms with E-state index in [1.54, 1.807) is 0 Å². The summed E-state index contributed by atoms with van der Waals surface area (Å²) in [7, 11) is 0. The molecule has 1 atom stereocenters. The molecule has 0 heterocycles. The normalized spacial score (nSPS) is 15.6. The van der Waals surface area contributed by atoms with E-state index in [-0.39, 0.29) is 24.3 Å². The molecule has 1 N–H and O–H groups in total. The molecule has 142 valence electrons. The number of hydrogen-bond acceptors (Lipinski definition) is 1. The van der Waals surface area contributed by atoms with Gasteiger partial charge in [-0.1, -0.05) is 30.3 Å². The van der Waals surface area contributed by atoms with Crippen LogP contribution in [0.4, 0.5) is 39.5 Å². The van der Waals surface area contributed by atoms with Crippen molar-refractivity contribution in [3.05, 3.63) is 71.0 Å². The van der Waals surface area contributed by atoms with Crippen molar-refractivity contribution >= 4 is 0 Å². The van der Waals surface area contributed by atoms with Gasteiger partial charge in [0, 0.05) is 5.56 Å². The summed E-state index contributed by atoms with van der Waals surface area (Å²) >= 11 is 0. The van der Waals surface area contributed by atoms with Gasteiger partial charge < -0.3 is 5.11 Å². The molecule has 0 saturated carbocycles. The van der Waals surface area contributed by atoms with Crippen LogP contribution in [-0.4, -0.2) is 17.2 Å². The summed E-state index contributed by atoms with van der Waals surface area (Å²) in [5.74, 6) is -7.49. The molecule has 0 amide bonds. The van der Waals surface area contributed by atoms with Crippen LogP contribution in [-0.2, 0) is 11.8 Å². The van der Waals surface area contributed by atoms with Gasteiger partial charge in [0.05, 0.1) is 5.56 Å². The highest BCUT2D eigenvalue weighted by Crippen LogP contribution is 2.52. The minimum atomic E-state index is -6.31. The predicted octanol–water partition coefficient (Wildman–Crippen LogP) is 5.28. The third-order valence-corrected chi connectivity index (χ3v) is 3.70. The molecule has 0 bridgehead atoms. The zero-order valence-corrected chi connectivity index (χ0v) is 12.5. The number of hydrogen-bond donors (Lipinski definition) is 1. The Bertz CT molecular complexity index is 778. The molecule has 0 aliphatic heterocycles. The highest BCUT2D eigenvalue weighted by molar-refractivity contribution is 5.41. The molecule has 0 radical (unpaired) electrons. The number of benzene rings is 2. The molecule has 10 heteroatoms. The van der Waals surface area contributed by atoms with Crippen molar-refractivity contribution in [3.63, 3.8) is 0 Å². The van der Waals surface area contributed by atoms with Crippen LogP contribution in [0.15, 0.2) is 48.5 Å². The van der Waals surface area contributed by atoms with E-state index >= 15 is 0 Å². The largest absolute Gasteiger partial charge is 0.457 e. The van der Waals surface area contributed by atoms with Gasteiger partial charge in [-0.05, 0) is 23.8 Å². The second kappa shape index (κ2) is 6.19. The van der Waals surface area contributed by atoms with Gasteiger partial charge in [-0.15, -0.1) is 0 Å². The monoisotopic (exact) mass is 388 g/mol. The van der Waals surface area contributed by atoms with Crippen LogP contribution >= 0.6 is 0 Å². The van der Waals surface area contributed by atoms with Crippen LogP contribution in [0.2, 0.25) is 0 Å². The van der Waals surface area contributed by atoms with Crippen LogP contribution in [0.25, 0.3) is 0 Å². The van der Waals surface area contributed by atoms with Gasteiger partial charge in [0.1, 0.15) is 5.82 Å². The van der Waals surface area contributed by atoms with Crippen LogP contribution in [0.5, 0.6) is 0 Å². The minimum absolute atomic E-state index is 0.216. The van der Waals surface area contributed by atoms with Crippen LogP contribution < -0.4 is 0 Å². The molecule has 0 fully saturated rings. The van der Waals surface area contributed by atoms with E-state index in [9.17, 15) is 44.6 Å². The Hall–Kier alpha value is -2.23. The molecule has 1 nitrogen and oxygen atoms in total. The number of aliphatic hydroxyl groups is 1. The summed E-state index contributed by atoms with van der Waals surface area (Å²) in [6.07, 6.45) is -11.2. The van der Waals surface area contributed by atoms with E-state index in [4.69, 9.17) is 0 Å². The fraction of sp³-hybridized carbons (Fsp3) is 0.250. The standard InChI is InChI=1S/C16H9F9O/c17-12-4-2-1-3-11(12)13(26,15(21,22)16(23,24)25)9-5-7-10(8-6-9)14(18,19)20/h1-8,26H. The van der Waals surface area contributed by atoms with E-state index < -0.39 is 46.4 Å². The number of alkyl halides is 8. The molecule has 0 spiro atoms. The minimum Gasteiger partial charge on any atom is -0.374 e. The van der Waals surface area contributed by atoms with E-state index in [0.29, 0.717) is 12.1 Å². The molecule has 26 heavy (non-hydrogen) atoms. The van der Waals surface area contributed by atoms with Crippen molar-refractivity contribution in [2.24, 2.45) is 0 Å². The third kappa shape index (κ3) is 3.13. The average Bonchev–Trinajstić information content (AvgIpc) is 2.52. The molecular weight excluding hydrogens is 379 g/mol. The highest BCUT2D eigenvalue weighted by Gasteiger charge is 2.71. The maximum absolute atomic E-state index is 14.1. The quantitative estimate of drug-likeness (QED) is 0.710. The van der Waals surface area contributed by atoms with Gasteiger partial charge in [-0.2, -0.15) is 35.1 Å². The molecule has 0 saturated heterocycles. The topological polar surface area (TPSA) is 20.2 Å². The molecule has 2 aromatic rings. The zero-order valence-electron chi connectivity index (χ0n) is 12.5. The van der Waals surface area contributed by atoms with Crippen molar-refractivity contribution in [1.82, 2.24) is 0 Å². The summed E-state index contributed by atoms with van der Waals surface area (Å²) in [6, 6.07) is 3.84. The van der Waals surface area contributed by atoms with Gasteiger partial charge >= 0.3 is 18.3 Å². The lowest BCUT2D eigenvalue weighted by molar-refractivity contribution is -0.337. The Kier molecular flexibility index (Phi) is 4.78. The van der Waals surface area contributed by atoms with Crippen molar-refractivity contribution in [2.45, 2.75) is 23.9 Å². The molecule has 0 aromatic heterocycles. The van der Waals surface area contributed by atoms with E-state index in [1.165, 1.54) is 0 Å². The average molecular weight is 388 g/mol. The second-order valence-corrected chi connectivity index (χ2v) is 5.34. The van der Waals surface area contributed by atoms with Crippen LogP contribution in [0.1, 0.15) is 16.7 Å². The molecule has 2 aromatic carbocycles. The first-order valence-corrected chi connectivity index (χ1v) is 6.82. The van der Waals surface area contributed by atoms with Gasteiger partial charge in [-0.25, -0.2) is 4.39 Å². The van der Waals surface area contributed by atoms with Crippen LogP contribution in [0.3, 0.4) is 0 Å². The first-order valence-electron chi connectivity index (χ1n) is 6.82. The van der Waals surface area contributed by atoms with Crippen LogP contribution in [0, 0.1) is 5.82 Å². The fourth-order valence-electron chi connectivity index (χ4n) is 2.37. The van der Waals surface area contributed by atoms with Gasteiger partial charge in [0.15, 0.2) is 5.60 Å². The van der Waals surface area contributed by atoms with Crippen molar-refractivity contribution < 1.29 is 44.6 Å². The van der Waals surface area contributed by atoms with E-state index in [1.807, 2.05) is 0 Å². The molecule has 0 aliphatic carbocycles. The van der Waals surface area contributed by atoms with Crippen molar-refractivity contribution in [3.8, 4) is 0 Å². The summed E-state index contributed by atoms with van der Waals surface area (Å²) in [6.45, 7) is 0. The lowest BCUT2D eigenvalue weighted by atomic mass is 9.80. The Morgan fingerprint density at radius 2 is 1.12 bits per heavy atom.